The lowest BCUT2D eigenvalue weighted by molar-refractivity contribution is 0.169. The van der Waals surface area contributed by atoms with Gasteiger partial charge in [0.2, 0.25) is 0 Å². The molecule has 1 aromatic rings. The lowest BCUT2D eigenvalue weighted by Crippen LogP contribution is -2.16. The molecule has 0 saturated heterocycles. The van der Waals surface area contributed by atoms with Crippen molar-refractivity contribution < 1.29 is 5.11 Å². The van der Waals surface area contributed by atoms with Gasteiger partial charge in [-0.2, -0.15) is 0 Å². The molecule has 3 nitrogen and oxygen atoms in total. The molecule has 0 spiro atoms. The van der Waals surface area contributed by atoms with Crippen molar-refractivity contribution in [2.45, 2.75) is 19.4 Å². The van der Waals surface area contributed by atoms with Crippen LogP contribution in [0.4, 0.5) is 5.69 Å². The fourth-order valence-electron chi connectivity index (χ4n) is 1.33. The van der Waals surface area contributed by atoms with E-state index in [1.165, 1.54) is 0 Å². The van der Waals surface area contributed by atoms with Crippen LogP contribution in [0.5, 0.6) is 0 Å². The highest BCUT2D eigenvalue weighted by Crippen LogP contribution is 2.17. The van der Waals surface area contributed by atoms with Crippen LogP contribution in [-0.2, 0) is 0 Å². The van der Waals surface area contributed by atoms with Gasteiger partial charge in [0.25, 0.3) is 0 Å². The average Bonchev–Trinajstić information content (AvgIpc) is 2.28. The average molecular weight is 206 g/mol. The van der Waals surface area contributed by atoms with Crippen molar-refractivity contribution in [2.24, 2.45) is 0 Å². The summed E-state index contributed by atoms with van der Waals surface area (Å²) in [5.41, 5.74) is 1.76. The number of aliphatic hydroxyl groups excluding tert-OH is 1. The molecule has 0 bridgehead atoms. The van der Waals surface area contributed by atoms with E-state index in [1.807, 2.05) is 37.1 Å². The van der Waals surface area contributed by atoms with Crippen LogP contribution in [0.25, 0.3) is 0 Å². The predicted molar refractivity (Wildman–Crippen MR) is 63.0 cm³/mol. The Morgan fingerprint density at radius 1 is 1.60 bits per heavy atom. The smallest absolute Gasteiger partial charge is 0.0957 e. The third-order valence-electron chi connectivity index (χ3n) is 2.34. The number of nitrogens with zero attached hydrogens (tertiary/aromatic N) is 2. The molecule has 1 atom stereocenters. The number of aromatic nitrogens is 1. The topological polar surface area (TPSA) is 36.4 Å². The monoisotopic (exact) mass is 206 g/mol. The van der Waals surface area contributed by atoms with Gasteiger partial charge in [0, 0.05) is 13.6 Å². The summed E-state index contributed by atoms with van der Waals surface area (Å²) in [6.07, 6.45) is 3.85. The van der Waals surface area contributed by atoms with E-state index in [-0.39, 0.29) is 0 Å². The highest BCUT2D eigenvalue weighted by atomic mass is 16.3. The maximum Gasteiger partial charge on any atom is 0.0957 e. The van der Waals surface area contributed by atoms with Crippen molar-refractivity contribution in [3.63, 3.8) is 0 Å². The first-order chi connectivity index (χ1) is 7.19. The van der Waals surface area contributed by atoms with Crippen molar-refractivity contribution in [3.8, 4) is 0 Å². The Morgan fingerprint density at radius 3 is 2.80 bits per heavy atom. The largest absolute Gasteiger partial charge is 0.387 e. The van der Waals surface area contributed by atoms with Gasteiger partial charge < -0.3 is 10.0 Å². The Hall–Kier alpha value is -1.35. The molecule has 0 amide bonds. The van der Waals surface area contributed by atoms with Gasteiger partial charge in [0.1, 0.15) is 0 Å². The Labute approximate surface area is 91.1 Å². The molecule has 1 N–H and O–H groups in total. The molecule has 1 heterocycles. The minimum atomic E-state index is -0.455. The maximum atomic E-state index is 9.57. The van der Waals surface area contributed by atoms with Crippen LogP contribution in [0.3, 0.4) is 0 Å². The molecule has 0 unspecified atom stereocenters. The van der Waals surface area contributed by atoms with Gasteiger partial charge in [-0.15, -0.1) is 6.58 Å². The highest BCUT2D eigenvalue weighted by molar-refractivity contribution is 5.44. The second-order valence-electron chi connectivity index (χ2n) is 3.53. The third-order valence-corrected chi connectivity index (χ3v) is 2.34. The second-order valence-corrected chi connectivity index (χ2v) is 3.53. The van der Waals surface area contributed by atoms with Gasteiger partial charge in [-0.1, -0.05) is 13.0 Å². The third kappa shape index (κ3) is 3.06. The molecule has 1 aromatic heterocycles. The predicted octanol–water partition coefficient (Wildman–Crippen LogP) is 2.15. The molecule has 0 aliphatic carbocycles. The highest BCUT2D eigenvalue weighted by Gasteiger charge is 2.06. The molecular formula is C12H18N2O. The Morgan fingerprint density at radius 2 is 2.33 bits per heavy atom. The maximum absolute atomic E-state index is 9.57. The number of likely N-dealkylation sites (N-methyl/N-ethyl adjacent to an activating group) is 1. The van der Waals surface area contributed by atoms with Crippen molar-refractivity contribution in [2.75, 3.05) is 18.5 Å². The summed E-state index contributed by atoms with van der Waals surface area (Å²) in [4.78, 5) is 6.27. The van der Waals surface area contributed by atoms with Gasteiger partial charge in [-0.3, -0.25) is 4.98 Å². The first kappa shape index (κ1) is 11.7. The van der Waals surface area contributed by atoms with E-state index >= 15 is 0 Å². The molecule has 0 radical (unpaired) electrons. The Kier molecular flexibility index (Phi) is 4.31. The Bertz CT molecular complexity index is 308. The first-order valence-corrected chi connectivity index (χ1v) is 5.15. The zero-order valence-electron chi connectivity index (χ0n) is 9.35. The summed E-state index contributed by atoms with van der Waals surface area (Å²) in [6, 6.07) is 3.83. The van der Waals surface area contributed by atoms with E-state index in [0.717, 1.165) is 17.9 Å². The van der Waals surface area contributed by atoms with E-state index < -0.39 is 6.10 Å². The molecule has 1 rings (SSSR count). The van der Waals surface area contributed by atoms with Crippen molar-refractivity contribution >= 4 is 5.69 Å². The molecule has 0 saturated carbocycles. The van der Waals surface area contributed by atoms with Crippen molar-refractivity contribution in [1.82, 2.24) is 4.98 Å². The number of rotatable bonds is 5. The lowest BCUT2D eigenvalue weighted by Gasteiger charge is -2.17. The van der Waals surface area contributed by atoms with Crippen LogP contribution in [0.2, 0.25) is 0 Å². The van der Waals surface area contributed by atoms with Crippen LogP contribution in [0.15, 0.2) is 31.0 Å². The minimum Gasteiger partial charge on any atom is -0.387 e. The number of hydrogen-bond acceptors (Lipinski definition) is 3. The van der Waals surface area contributed by atoms with E-state index in [9.17, 15) is 5.11 Å². The zero-order valence-corrected chi connectivity index (χ0v) is 9.35. The Balaban J connectivity index is 2.75. The SMILES string of the molecule is C=CCN(C)c1ccc([C@@H](O)CC)nc1. The van der Waals surface area contributed by atoms with Gasteiger partial charge in [-0.05, 0) is 18.6 Å². The molecule has 0 aliphatic heterocycles. The van der Waals surface area contributed by atoms with Crippen molar-refractivity contribution in [3.05, 3.63) is 36.7 Å². The zero-order chi connectivity index (χ0) is 11.3. The fourth-order valence-corrected chi connectivity index (χ4v) is 1.33. The van der Waals surface area contributed by atoms with E-state index in [4.69, 9.17) is 0 Å². The fraction of sp³-hybridized carbons (Fsp3) is 0.417. The van der Waals surface area contributed by atoms with Gasteiger partial charge in [0.05, 0.1) is 23.7 Å². The molecule has 15 heavy (non-hydrogen) atoms. The molecule has 82 valence electrons. The summed E-state index contributed by atoms with van der Waals surface area (Å²) in [7, 11) is 1.98. The first-order valence-electron chi connectivity index (χ1n) is 5.15. The summed E-state index contributed by atoms with van der Waals surface area (Å²) in [5.74, 6) is 0. The van der Waals surface area contributed by atoms with Crippen LogP contribution in [0, 0.1) is 0 Å². The standard InChI is InChI=1S/C12H18N2O/c1-4-8-14(3)10-6-7-11(13-9-10)12(15)5-2/h4,6-7,9,12,15H,1,5,8H2,2-3H3/t12-/m0/s1. The number of anilines is 1. The lowest BCUT2D eigenvalue weighted by atomic mass is 10.2. The summed E-state index contributed by atoms with van der Waals surface area (Å²) < 4.78 is 0. The minimum absolute atomic E-state index is 0.455. The van der Waals surface area contributed by atoms with Crippen LogP contribution in [-0.4, -0.2) is 23.7 Å². The normalized spacial score (nSPS) is 12.2. The molecular weight excluding hydrogens is 188 g/mol. The molecule has 0 aromatic carbocycles. The molecule has 0 fully saturated rings. The van der Waals surface area contributed by atoms with E-state index in [1.54, 1.807) is 6.20 Å². The van der Waals surface area contributed by atoms with E-state index in [2.05, 4.69) is 11.6 Å². The summed E-state index contributed by atoms with van der Waals surface area (Å²) in [6.45, 7) is 6.41. The van der Waals surface area contributed by atoms with Crippen LogP contribution in [0.1, 0.15) is 25.1 Å². The van der Waals surface area contributed by atoms with Crippen LogP contribution >= 0.6 is 0 Å². The molecule has 3 heteroatoms. The number of pyridine rings is 1. The summed E-state index contributed by atoms with van der Waals surface area (Å²) >= 11 is 0. The van der Waals surface area contributed by atoms with E-state index in [0.29, 0.717) is 6.42 Å². The van der Waals surface area contributed by atoms with Crippen LogP contribution < -0.4 is 4.90 Å². The number of hydrogen-bond donors (Lipinski definition) is 1. The van der Waals surface area contributed by atoms with Gasteiger partial charge in [0.15, 0.2) is 0 Å². The second kappa shape index (κ2) is 5.51. The number of aliphatic hydroxyl groups is 1. The molecule has 0 aliphatic rings. The quantitative estimate of drug-likeness (QED) is 0.750. The van der Waals surface area contributed by atoms with Gasteiger partial charge >= 0.3 is 0 Å². The van der Waals surface area contributed by atoms with Gasteiger partial charge in [-0.25, -0.2) is 0 Å². The summed E-state index contributed by atoms with van der Waals surface area (Å²) in [5, 5.41) is 9.57. The van der Waals surface area contributed by atoms with Crippen molar-refractivity contribution in [1.29, 1.82) is 0 Å².